The van der Waals surface area contributed by atoms with E-state index in [2.05, 4.69) is 14.5 Å². The second-order valence-corrected chi connectivity index (χ2v) is 15.6. The van der Waals surface area contributed by atoms with Crippen LogP contribution >= 0.6 is 11.9 Å². The maximum Gasteiger partial charge on any atom is 0.471 e. The van der Waals surface area contributed by atoms with Crippen LogP contribution in [-0.4, -0.2) is 95.6 Å². The predicted octanol–water partition coefficient (Wildman–Crippen LogP) is 6.41. The molecule has 17 heteroatoms. The average molecular weight is 708 g/mol. The minimum Gasteiger partial charge on any atom is -0.496 e. The van der Waals surface area contributed by atoms with Crippen molar-refractivity contribution in [2.24, 2.45) is 25.4 Å². The molecule has 13 nitrogen and oxygen atoms in total. The Kier molecular flexibility index (Phi) is 8.86. The first kappa shape index (κ1) is 36.1. The van der Waals surface area contributed by atoms with Crippen molar-refractivity contribution in [3.63, 3.8) is 0 Å². The van der Waals surface area contributed by atoms with E-state index in [0.29, 0.717) is 35.4 Å². The fraction of sp³-hybridized carbons (Fsp3) is 0.594. The summed E-state index contributed by atoms with van der Waals surface area (Å²) in [7, 11) is 1.51. The molecule has 0 aromatic carbocycles. The molecular weight excluding hydrogens is 667 g/mol. The number of alkyl halides is 3. The number of amidine groups is 1. The molecule has 2 aliphatic carbocycles. The van der Waals surface area contributed by atoms with Crippen LogP contribution in [0, 0.1) is 24.7 Å². The molecule has 0 bridgehead atoms. The van der Waals surface area contributed by atoms with Gasteiger partial charge < -0.3 is 19.8 Å². The van der Waals surface area contributed by atoms with E-state index >= 15 is 0 Å². The highest BCUT2D eigenvalue weighted by atomic mass is 32.2. The molecular formula is C32H40F3N7O6S. The number of amides is 3. The van der Waals surface area contributed by atoms with Crippen LogP contribution in [0.3, 0.4) is 0 Å². The lowest BCUT2D eigenvalue weighted by molar-refractivity contribution is -0.187. The maximum atomic E-state index is 14.3. The number of hydrazone groups is 2. The quantitative estimate of drug-likeness (QED) is 0.330. The molecule has 1 aromatic rings. The van der Waals surface area contributed by atoms with Crippen LogP contribution in [0.1, 0.15) is 77.6 Å². The summed E-state index contributed by atoms with van der Waals surface area (Å²) in [5.41, 5.74) is 0.923. The van der Waals surface area contributed by atoms with E-state index in [1.54, 1.807) is 13.1 Å². The number of methoxy groups -OCH3 is 1. The minimum absolute atomic E-state index is 0.0459. The van der Waals surface area contributed by atoms with Crippen LogP contribution in [0.25, 0.3) is 0 Å². The Morgan fingerprint density at radius 1 is 1.04 bits per heavy atom. The van der Waals surface area contributed by atoms with Gasteiger partial charge in [-0.15, -0.1) is 0 Å². The second kappa shape index (κ2) is 12.0. The number of pyridine rings is 1. The number of aromatic nitrogens is 1. The lowest BCUT2D eigenvalue weighted by atomic mass is 9.60. The van der Waals surface area contributed by atoms with Crippen LogP contribution in [0.5, 0.6) is 5.75 Å². The Morgan fingerprint density at radius 3 is 2.12 bits per heavy atom. The normalized spacial score (nSPS) is 20.5. The molecule has 3 amide bonds. The van der Waals surface area contributed by atoms with Crippen molar-refractivity contribution in [2.45, 2.75) is 104 Å². The SMILES string of the molecule is COc1c(C)cnc(CN2N=C3C[C@H](N(C(=O)C(F)(F)F)C4CC4)C4=C3C(=N2)C(N(C(=O)O)C(=O)O)=NSC4(C(C)(C)C)C(C)(C)C)c1C. The molecule has 1 fully saturated rings. The number of carboxylic acid groups (broad SMARTS) is 2. The monoisotopic (exact) mass is 707 g/mol. The molecule has 1 aromatic heterocycles. The van der Waals surface area contributed by atoms with Crippen molar-refractivity contribution in [3.8, 4) is 5.75 Å². The highest BCUT2D eigenvalue weighted by molar-refractivity contribution is 8.00. The number of hydrogen-bond acceptors (Lipinski definition) is 10. The number of nitrogens with zero attached hydrogens (tertiary/aromatic N) is 7. The molecule has 0 radical (unpaired) electrons. The van der Waals surface area contributed by atoms with Gasteiger partial charge in [-0.1, -0.05) is 41.5 Å². The van der Waals surface area contributed by atoms with E-state index in [1.165, 1.54) is 12.2 Å². The van der Waals surface area contributed by atoms with Crippen LogP contribution in [0.15, 0.2) is 31.9 Å². The summed E-state index contributed by atoms with van der Waals surface area (Å²) >= 11 is 0.888. The first-order chi connectivity index (χ1) is 22.6. The summed E-state index contributed by atoms with van der Waals surface area (Å²) in [5.74, 6) is -1.95. The fourth-order valence-corrected chi connectivity index (χ4v) is 8.79. The predicted molar refractivity (Wildman–Crippen MR) is 177 cm³/mol. The maximum absolute atomic E-state index is 14.3. The second-order valence-electron chi connectivity index (χ2n) is 14.6. The number of rotatable bonds is 5. The molecule has 0 saturated heterocycles. The Labute approximate surface area is 286 Å². The molecule has 3 heterocycles. The smallest absolute Gasteiger partial charge is 0.471 e. The third kappa shape index (κ3) is 5.93. The molecule has 1 saturated carbocycles. The van der Waals surface area contributed by atoms with Gasteiger partial charge in [-0.2, -0.15) is 37.8 Å². The van der Waals surface area contributed by atoms with Crippen LogP contribution in [-0.2, 0) is 11.3 Å². The average Bonchev–Trinajstić information content (AvgIpc) is 3.74. The van der Waals surface area contributed by atoms with E-state index in [4.69, 9.17) is 9.84 Å². The molecule has 5 rings (SSSR count). The summed E-state index contributed by atoms with van der Waals surface area (Å²) < 4.78 is 51.8. The lowest BCUT2D eigenvalue weighted by Gasteiger charge is -2.54. The zero-order chi connectivity index (χ0) is 36.6. The fourth-order valence-electron chi connectivity index (χ4n) is 7.51. The van der Waals surface area contributed by atoms with Crippen LogP contribution in [0.4, 0.5) is 22.8 Å². The van der Waals surface area contributed by atoms with Crippen molar-refractivity contribution < 1.29 is 42.5 Å². The van der Waals surface area contributed by atoms with Gasteiger partial charge in [0.1, 0.15) is 18.0 Å². The third-order valence-corrected chi connectivity index (χ3v) is 11.3. The Bertz CT molecular complexity index is 1710. The summed E-state index contributed by atoms with van der Waals surface area (Å²) in [5, 5.41) is 30.8. The number of carbonyl (C=O) groups excluding carboxylic acids is 1. The number of imide groups is 1. The number of aryl methyl sites for hydroxylation is 1. The van der Waals surface area contributed by atoms with Gasteiger partial charge in [-0.3, -0.25) is 9.78 Å². The van der Waals surface area contributed by atoms with Gasteiger partial charge >= 0.3 is 24.3 Å². The van der Waals surface area contributed by atoms with E-state index < -0.39 is 57.8 Å². The third-order valence-electron chi connectivity index (χ3n) is 9.33. The van der Waals surface area contributed by atoms with Crippen molar-refractivity contribution in [2.75, 3.05) is 7.11 Å². The highest BCUT2D eigenvalue weighted by Gasteiger charge is 2.64. The largest absolute Gasteiger partial charge is 0.496 e. The molecule has 4 aliphatic rings. The van der Waals surface area contributed by atoms with Gasteiger partial charge in [0.05, 0.1) is 29.3 Å². The van der Waals surface area contributed by atoms with Gasteiger partial charge in [0.25, 0.3) is 0 Å². The Hall–Kier alpha value is -4.15. The van der Waals surface area contributed by atoms with Gasteiger partial charge in [0, 0.05) is 35.4 Å². The first-order valence-electron chi connectivity index (χ1n) is 15.7. The summed E-state index contributed by atoms with van der Waals surface area (Å²) in [6.07, 6.45) is -6.68. The van der Waals surface area contributed by atoms with E-state index in [9.17, 15) is 37.8 Å². The van der Waals surface area contributed by atoms with Crippen molar-refractivity contribution in [1.29, 1.82) is 0 Å². The molecule has 1 atom stereocenters. The number of hydrogen-bond donors (Lipinski definition) is 2. The molecule has 49 heavy (non-hydrogen) atoms. The molecule has 2 N–H and O–H groups in total. The zero-order valence-electron chi connectivity index (χ0n) is 28.8. The first-order valence-corrected chi connectivity index (χ1v) is 16.4. The highest BCUT2D eigenvalue weighted by Crippen LogP contribution is 2.63. The standard InChI is InChI=1S/C32H40F3N7O6S/c1-15-13-36-19(16(2)24(15)48-9)14-40-37-18-12-20(41(17-10-11-17)26(43)32(33,34)35)22-21(18)23(38-40)25(42(27(44)45)28(46)47)39-49-31(22,29(3,4)5)30(6,7)8/h13,17,20H,10-12,14H2,1-9H3,(H,44,45)(H,46,47)/t20-/m0/s1. The molecule has 2 aliphatic heterocycles. The van der Waals surface area contributed by atoms with Crippen LogP contribution < -0.4 is 4.74 Å². The zero-order valence-corrected chi connectivity index (χ0v) is 29.6. The topological polar surface area (TPSA) is 161 Å². The van der Waals surface area contributed by atoms with Crippen molar-refractivity contribution in [1.82, 2.24) is 19.9 Å². The van der Waals surface area contributed by atoms with E-state index in [-0.39, 0.29) is 34.9 Å². The van der Waals surface area contributed by atoms with E-state index in [0.717, 1.165) is 22.4 Å². The Morgan fingerprint density at radius 2 is 1.63 bits per heavy atom. The van der Waals surface area contributed by atoms with Gasteiger partial charge in [0.15, 0.2) is 5.84 Å². The lowest BCUT2D eigenvalue weighted by Crippen LogP contribution is -2.58. The minimum atomic E-state index is -5.17. The summed E-state index contributed by atoms with van der Waals surface area (Å²) in [6.45, 7) is 14.8. The molecule has 266 valence electrons. The van der Waals surface area contributed by atoms with Gasteiger partial charge in [0.2, 0.25) is 0 Å². The molecule has 0 spiro atoms. The molecule has 0 unspecified atom stereocenters. The summed E-state index contributed by atoms with van der Waals surface area (Å²) in [4.78, 5) is 43.7. The number of ether oxygens (including phenoxy) is 1. The van der Waals surface area contributed by atoms with Crippen molar-refractivity contribution >= 4 is 47.3 Å². The number of halogens is 3. The van der Waals surface area contributed by atoms with E-state index in [1.807, 2.05) is 48.5 Å². The van der Waals surface area contributed by atoms with Crippen LogP contribution in [0.2, 0.25) is 0 Å². The Balaban J connectivity index is 1.85. The van der Waals surface area contributed by atoms with Crippen molar-refractivity contribution in [3.05, 3.63) is 34.2 Å². The summed E-state index contributed by atoms with van der Waals surface area (Å²) in [6, 6.07) is -1.85. The van der Waals surface area contributed by atoms with Gasteiger partial charge in [-0.05, 0) is 55.0 Å². The van der Waals surface area contributed by atoms with Gasteiger partial charge in [-0.25, -0.2) is 9.59 Å². The number of carbonyl (C=O) groups is 3.